The highest BCUT2D eigenvalue weighted by Crippen LogP contribution is 2.08. The molecule has 1 rings (SSSR count). The van der Waals surface area contributed by atoms with Gasteiger partial charge < -0.3 is 19.6 Å². The first kappa shape index (κ1) is 18.9. The number of carbonyl (C=O) groups is 1. The number of urea groups is 1. The van der Waals surface area contributed by atoms with Crippen molar-refractivity contribution in [3.05, 3.63) is 5.82 Å². The van der Waals surface area contributed by atoms with Gasteiger partial charge in [-0.05, 0) is 6.92 Å². The van der Waals surface area contributed by atoms with Crippen LogP contribution in [0.4, 0.5) is 16.7 Å². The molecule has 120 valence electrons. The number of amides is 2. The molecule has 8 heteroatoms. The zero-order valence-electron chi connectivity index (χ0n) is 14.5. The molecule has 0 aliphatic rings. The number of aromatic nitrogens is 3. The van der Waals surface area contributed by atoms with Crippen LogP contribution in [0, 0.1) is 6.92 Å². The van der Waals surface area contributed by atoms with Gasteiger partial charge in [-0.2, -0.15) is 15.0 Å². The van der Waals surface area contributed by atoms with E-state index in [1.54, 1.807) is 28.2 Å². The standard InChI is InChI=1S/C8H15N5.C5H12N2O/c1-6-9-7(12(2)3)11-8(10-6)13(4)5;1-6(2)5(8)7(3)4/h1-5H3;1-4H3. The Bertz CT molecular complexity index is 422. The average Bonchev–Trinajstić information content (AvgIpc) is 2.37. The lowest BCUT2D eigenvalue weighted by Crippen LogP contribution is -2.33. The van der Waals surface area contributed by atoms with Crippen LogP contribution < -0.4 is 9.80 Å². The van der Waals surface area contributed by atoms with Crippen molar-refractivity contribution < 1.29 is 4.79 Å². The summed E-state index contributed by atoms with van der Waals surface area (Å²) in [7, 11) is 14.5. The number of carbonyl (C=O) groups excluding carboxylic acids is 1. The first-order valence-electron chi connectivity index (χ1n) is 6.52. The molecule has 1 aromatic heterocycles. The largest absolute Gasteiger partial charge is 0.347 e. The summed E-state index contributed by atoms with van der Waals surface area (Å²) in [6.07, 6.45) is 0. The van der Waals surface area contributed by atoms with Crippen LogP contribution in [0.25, 0.3) is 0 Å². The van der Waals surface area contributed by atoms with E-state index in [2.05, 4.69) is 15.0 Å². The maximum Gasteiger partial charge on any atom is 0.318 e. The molecule has 21 heavy (non-hydrogen) atoms. The highest BCUT2D eigenvalue weighted by molar-refractivity contribution is 5.73. The molecular formula is C13H27N7O. The van der Waals surface area contributed by atoms with Crippen LogP contribution >= 0.6 is 0 Å². The Morgan fingerprint density at radius 3 is 1.24 bits per heavy atom. The minimum Gasteiger partial charge on any atom is -0.347 e. The monoisotopic (exact) mass is 297 g/mol. The lowest BCUT2D eigenvalue weighted by atomic mass is 10.6. The molecule has 0 aromatic carbocycles. The summed E-state index contributed by atoms with van der Waals surface area (Å²) >= 11 is 0. The summed E-state index contributed by atoms with van der Waals surface area (Å²) < 4.78 is 0. The molecule has 0 atom stereocenters. The van der Waals surface area contributed by atoms with Crippen molar-refractivity contribution in [2.24, 2.45) is 0 Å². The molecule has 8 nitrogen and oxygen atoms in total. The molecule has 0 fully saturated rings. The second-order valence-electron chi connectivity index (χ2n) is 5.34. The molecule has 0 saturated heterocycles. The fraction of sp³-hybridized carbons (Fsp3) is 0.692. The normalized spacial score (nSPS) is 9.38. The van der Waals surface area contributed by atoms with Gasteiger partial charge in [0.05, 0.1) is 0 Å². The zero-order chi connectivity index (χ0) is 16.7. The van der Waals surface area contributed by atoms with Crippen molar-refractivity contribution in [1.29, 1.82) is 0 Å². The number of rotatable bonds is 2. The van der Waals surface area contributed by atoms with Gasteiger partial charge in [-0.3, -0.25) is 0 Å². The summed E-state index contributed by atoms with van der Waals surface area (Å²) in [5.41, 5.74) is 0. The predicted molar refractivity (Wildman–Crippen MR) is 86.0 cm³/mol. The number of aryl methyl sites for hydroxylation is 1. The molecule has 0 radical (unpaired) electrons. The fourth-order valence-corrected chi connectivity index (χ4v) is 1.25. The van der Waals surface area contributed by atoms with E-state index in [9.17, 15) is 4.79 Å². The second-order valence-corrected chi connectivity index (χ2v) is 5.34. The van der Waals surface area contributed by atoms with E-state index in [0.717, 1.165) is 5.82 Å². The van der Waals surface area contributed by atoms with Gasteiger partial charge in [-0.15, -0.1) is 0 Å². The molecule has 0 aliphatic carbocycles. The van der Waals surface area contributed by atoms with Crippen molar-refractivity contribution in [2.75, 3.05) is 66.2 Å². The van der Waals surface area contributed by atoms with E-state index in [4.69, 9.17) is 0 Å². The maximum atomic E-state index is 10.7. The Morgan fingerprint density at radius 1 is 0.714 bits per heavy atom. The van der Waals surface area contributed by atoms with Crippen LogP contribution in [-0.2, 0) is 0 Å². The molecule has 0 aliphatic heterocycles. The van der Waals surface area contributed by atoms with E-state index in [0.29, 0.717) is 11.9 Å². The molecule has 0 saturated carbocycles. The van der Waals surface area contributed by atoms with Gasteiger partial charge >= 0.3 is 6.03 Å². The minimum atomic E-state index is 0.0185. The Kier molecular flexibility index (Phi) is 7.40. The van der Waals surface area contributed by atoms with E-state index in [-0.39, 0.29) is 6.03 Å². The molecule has 2 amide bonds. The first-order chi connectivity index (χ1) is 9.56. The average molecular weight is 297 g/mol. The number of hydrogen-bond donors (Lipinski definition) is 0. The van der Waals surface area contributed by atoms with Crippen LogP contribution in [0.15, 0.2) is 0 Å². The van der Waals surface area contributed by atoms with Crippen LogP contribution in [-0.4, -0.2) is 87.2 Å². The SMILES string of the molecule is CN(C)C(=O)N(C)C.Cc1nc(N(C)C)nc(N(C)C)n1. The van der Waals surface area contributed by atoms with Gasteiger partial charge in [-0.25, -0.2) is 4.79 Å². The number of nitrogens with zero attached hydrogens (tertiary/aromatic N) is 7. The van der Waals surface area contributed by atoms with Gasteiger partial charge in [0.25, 0.3) is 0 Å². The van der Waals surface area contributed by atoms with Crippen LogP contribution in [0.1, 0.15) is 5.82 Å². The van der Waals surface area contributed by atoms with Crippen molar-refractivity contribution in [2.45, 2.75) is 6.92 Å². The molecule has 0 bridgehead atoms. The van der Waals surface area contributed by atoms with Crippen molar-refractivity contribution >= 4 is 17.9 Å². The van der Waals surface area contributed by atoms with E-state index in [1.165, 1.54) is 9.80 Å². The van der Waals surface area contributed by atoms with Crippen LogP contribution in [0.2, 0.25) is 0 Å². The molecule has 0 spiro atoms. The lowest BCUT2D eigenvalue weighted by molar-refractivity contribution is 0.191. The molecule has 1 heterocycles. The van der Waals surface area contributed by atoms with Crippen LogP contribution in [0.5, 0.6) is 0 Å². The van der Waals surface area contributed by atoms with Gasteiger partial charge in [0, 0.05) is 56.4 Å². The van der Waals surface area contributed by atoms with Gasteiger partial charge in [-0.1, -0.05) is 0 Å². The Balaban J connectivity index is 0.000000433. The van der Waals surface area contributed by atoms with E-state index in [1.807, 2.05) is 44.9 Å². The Hall–Kier alpha value is -2.12. The van der Waals surface area contributed by atoms with Crippen molar-refractivity contribution in [3.63, 3.8) is 0 Å². The topological polar surface area (TPSA) is 68.7 Å². The summed E-state index contributed by atoms with van der Waals surface area (Å²) in [5, 5.41) is 0. The van der Waals surface area contributed by atoms with Gasteiger partial charge in [0.2, 0.25) is 11.9 Å². The minimum absolute atomic E-state index is 0.0185. The summed E-state index contributed by atoms with van der Waals surface area (Å²) in [4.78, 5) is 30.1. The summed E-state index contributed by atoms with van der Waals surface area (Å²) in [5.74, 6) is 2.12. The summed E-state index contributed by atoms with van der Waals surface area (Å²) in [6, 6.07) is 0.0185. The van der Waals surface area contributed by atoms with Crippen molar-refractivity contribution in [3.8, 4) is 0 Å². The fourth-order valence-electron chi connectivity index (χ4n) is 1.25. The van der Waals surface area contributed by atoms with E-state index >= 15 is 0 Å². The second kappa shape index (κ2) is 8.23. The van der Waals surface area contributed by atoms with Gasteiger partial charge in [0.15, 0.2) is 0 Å². The predicted octanol–water partition coefficient (Wildman–Crippen LogP) is 0.542. The number of anilines is 2. The Morgan fingerprint density at radius 2 is 1.05 bits per heavy atom. The third-order valence-corrected chi connectivity index (χ3v) is 2.29. The summed E-state index contributed by atoms with van der Waals surface area (Å²) in [6.45, 7) is 1.86. The third kappa shape index (κ3) is 6.73. The third-order valence-electron chi connectivity index (χ3n) is 2.29. The first-order valence-corrected chi connectivity index (χ1v) is 6.52. The molecule has 0 N–H and O–H groups in total. The van der Waals surface area contributed by atoms with Crippen molar-refractivity contribution in [1.82, 2.24) is 24.8 Å². The molecule has 0 unspecified atom stereocenters. The number of hydrogen-bond acceptors (Lipinski definition) is 6. The van der Waals surface area contributed by atoms with E-state index < -0.39 is 0 Å². The van der Waals surface area contributed by atoms with Gasteiger partial charge in [0.1, 0.15) is 5.82 Å². The van der Waals surface area contributed by atoms with Crippen LogP contribution in [0.3, 0.4) is 0 Å². The maximum absolute atomic E-state index is 10.7. The zero-order valence-corrected chi connectivity index (χ0v) is 14.5. The smallest absolute Gasteiger partial charge is 0.318 e. The highest BCUT2D eigenvalue weighted by Gasteiger charge is 2.06. The highest BCUT2D eigenvalue weighted by atomic mass is 16.2. The molecular weight excluding hydrogens is 270 g/mol. The molecule has 1 aromatic rings. The quantitative estimate of drug-likeness (QED) is 0.794. The lowest BCUT2D eigenvalue weighted by Gasteiger charge is -2.16. The Labute approximate surface area is 127 Å².